The Balaban J connectivity index is 1.40. The first-order valence-corrected chi connectivity index (χ1v) is 10.4. The Kier molecular flexibility index (Phi) is 7.30. The van der Waals surface area contributed by atoms with E-state index in [1.165, 1.54) is 23.5 Å². The van der Waals surface area contributed by atoms with Crippen LogP contribution >= 0.6 is 11.3 Å². The molecule has 1 aromatic heterocycles. The van der Waals surface area contributed by atoms with Gasteiger partial charge in [-0.05, 0) is 55.3 Å². The molecule has 5 nitrogen and oxygen atoms in total. The molecule has 0 radical (unpaired) electrons. The Morgan fingerprint density at radius 2 is 1.77 bits per heavy atom. The fourth-order valence-electron chi connectivity index (χ4n) is 2.66. The summed E-state index contributed by atoms with van der Waals surface area (Å²) in [5.41, 5.74) is 3.39. The van der Waals surface area contributed by atoms with E-state index in [4.69, 9.17) is 9.47 Å². The number of aromatic nitrogens is 1. The van der Waals surface area contributed by atoms with Crippen LogP contribution < -0.4 is 4.74 Å². The molecule has 0 aliphatic rings. The Labute approximate surface area is 178 Å². The normalized spacial score (nSPS) is 10.6. The molecule has 0 N–H and O–H groups in total. The van der Waals surface area contributed by atoms with Gasteiger partial charge in [-0.3, -0.25) is 9.59 Å². The first-order chi connectivity index (χ1) is 14.4. The first-order valence-electron chi connectivity index (χ1n) is 9.48. The molecule has 0 aliphatic carbocycles. The van der Waals surface area contributed by atoms with Crippen molar-refractivity contribution in [2.45, 2.75) is 39.9 Å². The maximum absolute atomic E-state index is 12.9. The van der Waals surface area contributed by atoms with Crippen LogP contribution in [0.5, 0.6) is 5.75 Å². The van der Waals surface area contributed by atoms with Crippen molar-refractivity contribution < 1.29 is 23.5 Å². The summed E-state index contributed by atoms with van der Waals surface area (Å²) in [7, 11) is 0. The van der Waals surface area contributed by atoms with Gasteiger partial charge in [0.1, 0.15) is 29.8 Å². The molecule has 0 spiro atoms. The molecule has 0 amide bonds. The molecule has 156 valence electrons. The molecule has 0 unspecified atom stereocenters. The zero-order valence-electron chi connectivity index (χ0n) is 16.8. The molecule has 0 fully saturated rings. The van der Waals surface area contributed by atoms with E-state index >= 15 is 0 Å². The summed E-state index contributed by atoms with van der Waals surface area (Å²) in [5.74, 6) is -0.294. The number of Topliss-reactive ketones (excluding diaryl/α,β-unsaturated/α-hetero) is 1. The highest BCUT2D eigenvalue weighted by Gasteiger charge is 2.12. The lowest BCUT2D eigenvalue weighted by Crippen LogP contribution is -2.09. The minimum atomic E-state index is -0.440. The molecule has 3 aromatic rings. The van der Waals surface area contributed by atoms with Crippen molar-refractivity contribution in [3.8, 4) is 5.75 Å². The predicted molar refractivity (Wildman–Crippen MR) is 112 cm³/mol. The largest absolute Gasteiger partial charge is 0.486 e. The SMILES string of the molecule is Cc1ccc(C(=O)CCC(=O)OCc2csc(COc3ccc(F)cc3)n2)cc1C. The third-order valence-electron chi connectivity index (χ3n) is 4.54. The lowest BCUT2D eigenvalue weighted by molar-refractivity contribution is -0.145. The summed E-state index contributed by atoms with van der Waals surface area (Å²) in [5, 5.41) is 2.51. The van der Waals surface area contributed by atoms with Crippen LogP contribution in [0.4, 0.5) is 4.39 Å². The number of hydrogen-bond acceptors (Lipinski definition) is 6. The van der Waals surface area contributed by atoms with E-state index in [-0.39, 0.29) is 37.7 Å². The van der Waals surface area contributed by atoms with Crippen molar-refractivity contribution >= 4 is 23.1 Å². The summed E-state index contributed by atoms with van der Waals surface area (Å²) in [6.45, 7) is 4.23. The predicted octanol–water partition coefficient (Wildman–Crippen LogP) is 5.18. The molecule has 0 saturated carbocycles. The average molecular weight is 427 g/mol. The summed E-state index contributed by atoms with van der Waals surface area (Å²) < 4.78 is 23.7. The van der Waals surface area contributed by atoms with Gasteiger partial charge in [0.05, 0.1) is 12.1 Å². The molecule has 0 atom stereocenters. The Morgan fingerprint density at radius 1 is 1.00 bits per heavy atom. The van der Waals surface area contributed by atoms with Crippen LogP contribution in [0.2, 0.25) is 0 Å². The molecule has 2 aromatic carbocycles. The van der Waals surface area contributed by atoms with Crippen LogP contribution in [0.3, 0.4) is 0 Å². The number of nitrogens with zero attached hydrogens (tertiary/aromatic N) is 1. The van der Waals surface area contributed by atoms with E-state index in [1.807, 2.05) is 26.0 Å². The number of esters is 1. The zero-order chi connectivity index (χ0) is 21.5. The number of halogens is 1. The second-order valence-corrected chi connectivity index (χ2v) is 7.80. The Morgan fingerprint density at radius 3 is 2.50 bits per heavy atom. The van der Waals surface area contributed by atoms with E-state index in [9.17, 15) is 14.0 Å². The monoisotopic (exact) mass is 427 g/mol. The van der Waals surface area contributed by atoms with Gasteiger partial charge in [-0.15, -0.1) is 11.3 Å². The number of ether oxygens (including phenoxy) is 2. The molecule has 0 aliphatic heterocycles. The van der Waals surface area contributed by atoms with Gasteiger partial charge < -0.3 is 9.47 Å². The van der Waals surface area contributed by atoms with Crippen LogP contribution in [0, 0.1) is 19.7 Å². The number of rotatable bonds is 9. The molecule has 3 rings (SSSR count). The molecule has 0 saturated heterocycles. The third kappa shape index (κ3) is 6.22. The summed E-state index contributed by atoms with van der Waals surface area (Å²) >= 11 is 1.39. The van der Waals surface area contributed by atoms with E-state index in [0.717, 1.165) is 16.1 Å². The zero-order valence-corrected chi connectivity index (χ0v) is 17.6. The fourth-order valence-corrected chi connectivity index (χ4v) is 3.35. The summed E-state index contributed by atoms with van der Waals surface area (Å²) in [6.07, 6.45) is 0.131. The summed E-state index contributed by atoms with van der Waals surface area (Å²) in [6, 6.07) is 11.3. The molecular weight excluding hydrogens is 405 g/mol. The minimum absolute atomic E-state index is 0.0242. The Bertz CT molecular complexity index is 1030. The standard InChI is InChI=1S/C23H22FNO4S/c1-15-3-4-17(11-16(15)2)21(26)9-10-23(27)29-12-19-14-30-22(25-19)13-28-20-7-5-18(24)6-8-20/h3-8,11,14H,9-10,12-13H2,1-2H3. The lowest BCUT2D eigenvalue weighted by Gasteiger charge is -2.05. The van der Waals surface area contributed by atoms with Crippen molar-refractivity contribution in [1.82, 2.24) is 4.98 Å². The summed E-state index contributed by atoms with van der Waals surface area (Å²) in [4.78, 5) is 28.6. The van der Waals surface area contributed by atoms with Crippen molar-refractivity contribution in [3.05, 3.63) is 81.1 Å². The van der Waals surface area contributed by atoms with Crippen molar-refractivity contribution in [2.24, 2.45) is 0 Å². The number of benzene rings is 2. The highest BCUT2D eigenvalue weighted by molar-refractivity contribution is 7.09. The average Bonchev–Trinajstić information content (AvgIpc) is 3.20. The van der Waals surface area contributed by atoms with Gasteiger partial charge in [0, 0.05) is 17.4 Å². The van der Waals surface area contributed by atoms with Gasteiger partial charge >= 0.3 is 5.97 Å². The van der Waals surface area contributed by atoms with Crippen LogP contribution in [-0.4, -0.2) is 16.7 Å². The number of hydrogen-bond donors (Lipinski definition) is 0. The maximum atomic E-state index is 12.9. The van der Waals surface area contributed by atoms with E-state index in [1.54, 1.807) is 23.6 Å². The fraction of sp³-hybridized carbons (Fsp3) is 0.261. The molecule has 0 bridgehead atoms. The van der Waals surface area contributed by atoms with Gasteiger partial charge in [-0.25, -0.2) is 9.37 Å². The minimum Gasteiger partial charge on any atom is -0.486 e. The second kappa shape index (κ2) is 10.1. The quantitative estimate of drug-likeness (QED) is 0.348. The number of carbonyl (C=O) groups is 2. The topological polar surface area (TPSA) is 65.5 Å². The van der Waals surface area contributed by atoms with Crippen molar-refractivity contribution in [2.75, 3.05) is 0 Å². The molecular formula is C23H22FNO4S. The molecule has 30 heavy (non-hydrogen) atoms. The van der Waals surface area contributed by atoms with E-state index < -0.39 is 5.97 Å². The van der Waals surface area contributed by atoms with Crippen LogP contribution in [-0.2, 0) is 22.7 Å². The van der Waals surface area contributed by atoms with Crippen LogP contribution in [0.15, 0.2) is 47.8 Å². The molecule has 1 heterocycles. The van der Waals surface area contributed by atoms with Gasteiger partial charge in [0.15, 0.2) is 5.78 Å². The third-order valence-corrected chi connectivity index (χ3v) is 5.41. The van der Waals surface area contributed by atoms with Crippen LogP contribution in [0.25, 0.3) is 0 Å². The number of thiazole rings is 1. The highest BCUT2D eigenvalue weighted by Crippen LogP contribution is 2.17. The smallest absolute Gasteiger partial charge is 0.306 e. The van der Waals surface area contributed by atoms with Crippen LogP contribution in [0.1, 0.15) is 45.0 Å². The number of aryl methyl sites for hydroxylation is 2. The van der Waals surface area contributed by atoms with Gasteiger partial charge in [-0.1, -0.05) is 12.1 Å². The number of ketones is 1. The first kappa shape index (κ1) is 21.6. The Hall–Kier alpha value is -3.06. The van der Waals surface area contributed by atoms with Gasteiger partial charge in [-0.2, -0.15) is 0 Å². The lowest BCUT2D eigenvalue weighted by atomic mass is 10.0. The number of carbonyl (C=O) groups excluding carboxylic acids is 2. The highest BCUT2D eigenvalue weighted by atomic mass is 32.1. The van der Waals surface area contributed by atoms with Gasteiger partial charge in [0.25, 0.3) is 0 Å². The van der Waals surface area contributed by atoms with E-state index in [0.29, 0.717) is 17.0 Å². The molecule has 7 heteroatoms. The second-order valence-electron chi connectivity index (χ2n) is 6.86. The van der Waals surface area contributed by atoms with Crippen molar-refractivity contribution in [1.29, 1.82) is 0 Å². The van der Waals surface area contributed by atoms with Crippen molar-refractivity contribution in [3.63, 3.8) is 0 Å². The maximum Gasteiger partial charge on any atom is 0.306 e. The van der Waals surface area contributed by atoms with Gasteiger partial charge in [0.2, 0.25) is 0 Å². The van der Waals surface area contributed by atoms with E-state index in [2.05, 4.69) is 4.98 Å².